The zero-order valence-electron chi connectivity index (χ0n) is 22.4. The summed E-state index contributed by atoms with van der Waals surface area (Å²) in [6.07, 6.45) is 4.37. The highest BCUT2D eigenvalue weighted by Gasteiger charge is 2.30. The molecule has 220 valence electrons. The highest BCUT2D eigenvalue weighted by molar-refractivity contribution is 7.98. The largest absolute Gasteiger partial charge is 0.481 e. The average molecular weight is 579 g/mol. The van der Waals surface area contributed by atoms with Crippen molar-refractivity contribution >= 4 is 52.3 Å². The van der Waals surface area contributed by atoms with Gasteiger partial charge >= 0.3 is 11.9 Å². The monoisotopic (exact) mass is 578 g/mol. The predicted molar refractivity (Wildman–Crippen MR) is 152 cm³/mol. The molecule has 0 fully saturated rings. The van der Waals surface area contributed by atoms with Crippen molar-refractivity contribution < 1.29 is 34.2 Å². The molecule has 1 aromatic heterocycles. The minimum absolute atomic E-state index is 0.0163. The highest BCUT2D eigenvalue weighted by atomic mass is 32.2. The van der Waals surface area contributed by atoms with E-state index >= 15 is 0 Å². The lowest BCUT2D eigenvalue weighted by Gasteiger charge is -2.25. The summed E-state index contributed by atoms with van der Waals surface area (Å²) in [7, 11) is 0. The molecule has 2 rings (SSSR count). The molecule has 1 aromatic carbocycles. The number of unbranched alkanes of at least 4 members (excludes halogenated alkanes) is 1. The number of carbonyl (C=O) groups excluding carboxylic acids is 3. The summed E-state index contributed by atoms with van der Waals surface area (Å²) in [6, 6.07) is 2.60. The highest BCUT2D eigenvalue weighted by Crippen LogP contribution is 2.19. The number of carbonyl (C=O) groups is 5. The second-order valence-corrected chi connectivity index (χ2v) is 10.3. The number of benzene rings is 1. The number of carboxylic acids is 2. The molecular formula is C26H38N6O7S. The topological polar surface area (TPSA) is 230 Å². The first kappa shape index (κ1) is 32.6. The summed E-state index contributed by atoms with van der Waals surface area (Å²) in [6.45, 7) is 0.370. The summed E-state index contributed by atoms with van der Waals surface area (Å²) < 4.78 is 0. The molecule has 1 heterocycles. The molecule has 0 aliphatic rings. The fourth-order valence-electron chi connectivity index (χ4n) is 4.09. The van der Waals surface area contributed by atoms with E-state index in [0.29, 0.717) is 30.7 Å². The van der Waals surface area contributed by atoms with Gasteiger partial charge < -0.3 is 42.6 Å². The fourth-order valence-corrected chi connectivity index (χ4v) is 4.56. The van der Waals surface area contributed by atoms with Crippen LogP contribution < -0.4 is 27.4 Å². The van der Waals surface area contributed by atoms with Gasteiger partial charge in [0.1, 0.15) is 18.1 Å². The number of rotatable bonds is 18. The van der Waals surface area contributed by atoms with Crippen molar-refractivity contribution in [3.8, 4) is 0 Å². The molecule has 13 nitrogen and oxygen atoms in total. The standard InChI is InChI=1S/C26H38N6O7S/c1-40-11-9-20(30-23(35)17(28)13-22(33)34)25(37)31-19(8-4-5-10-27)24(36)32-21(26(38)39)12-15-14-29-18-7-3-2-6-16(15)18/h2-3,6-7,14,17,19-21,29H,4-5,8-13,27-28H2,1H3,(H,30,35)(H,31,37)(H,32,36)(H,33,34)(H,38,39). The summed E-state index contributed by atoms with van der Waals surface area (Å²) in [4.78, 5) is 64.9. The Labute approximate surface area is 236 Å². The SMILES string of the molecule is CSCCC(NC(=O)C(N)CC(=O)O)C(=O)NC(CCCCN)C(=O)NC(Cc1c[nH]c2ccccc12)C(=O)O. The van der Waals surface area contributed by atoms with Crippen molar-refractivity contribution in [1.29, 1.82) is 0 Å². The van der Waals surface area contributed by atoms with Crippen LogP contribution in [-0.4, -0.2) is 87.6 Å². The van der Waals surface area contributed by atoms with Gasteiger partial charge in [-0.15, -0.1) is 0 Å². The van der Waals surface area contributed by atoms with Gasteiger partial charge in [-0.25, -0.2) is 4.79 Å². The van der Waals surface area contributed by atoms with Crippen LogP contribution in [0.4, 0.5) is 0 Å². The van der Waals surface area contributed by atoms with Crippen LogP contribution >= 0.6 is 11.8 Å². The molecule has 0 spiro atoms. The van der Waals surface area contributed by atoms with Crippen molar-refractivity contribution in [3.63, 3.8) is 0 Å². The maximum absolute atomic E-state index is 13.3. The van der Waals surface area contributed by atoms with Crippen molar-refractivity contribution in [2.24, 2.45) is 11.5 Å². The molecule has 14 heteroatoms. The molecule has 0 saturated heterocycles. The average Bonchev–Trinajstić information content (AvgIpc) is 3.32. The van der Waals surface area contributed by atoms with Crippen LogP contribution in [0.1, 0.15) is 37.7 Å². The van der Waals surface area contributed by atoms with E-state index in [9.17, 15) is 29.1 Å². The number of thioether (sulfide) groups is 1. The Hall–Kier alpha value is -3.62. The lowest BCUT2D eigenvalue weighted by Crippen LogP contribution is -2.57. The van der Waals surface area contributed by atoms with Gasteiger partial charge in [-0.2, -0.15) is 11.8 Å². The minimum Gasteiger partial charge on any atom is -0.481 e. The number of hydrogen-bond acceptors (Lipinski definition) is 8. The quantitative estimate of drug-likeness (QED) is 0.110. The second kappa shape index (κ2) is 16.5. The van der Waals surface area contributed by atoms with Gasteiger partial charge in [0.05, 0.1) is 12.5 Å². The molecule has 4 atom stereocenters. The van der Waals surface area contributed by atoms with Gasteiger partial charge in [0.2, 0.25) is 17.7 Å². The van der Waals surface area contributed by atoms with E-state index in [-0.39, 0.29) is 19.3 Å². The van der Waals surface area contributed by atoms with E-state index < -0.39 is 60.2 Å². The number of nitrogens with one attached hydrogen (secondary N) is 4. The van der Waals surface area contributed by atoms with Gasteiger partial charge in [0.15, 0.2) is 0 Å². The molecule has 10 N–H and O–H groups in total. The summed E-state index contributed by atoms with van der Waals surface area (Å²) in [5.41, 5.74) is 12.8. The van der Waals surface area contributed by atoms with Gasteiger partial charge in [0.25, 0.3) is 0 Å². The van der Waals surface area contributed by atoms with Crippen LogP contribution in [-0.2, 0) is 30.4 Å². The lowest BCUT2D eigenvalue weighted by molar-refractivity contribution is -0.142. The summed E-state index contributed by atoms with van der Waals surface area (Å²) in [5, 5.41) is 27.2. The third-order valence-electron chi connectivity index (χ3n) is 6.27. The Kier molecular flexibility index (Phi) is 13.4. The van der Waals surface area contributed by atoms with Crippen molar-refractivity contribution in [1.82, 2.24) is 20.9 Å². The molecule has 0 aliphatic carbocycles. The Bertz CT molecular complexity index is 1170. The van der Waals surface area contributed by atoms with Gasteiger partial charge in [-0.3, -0.25) is 19.2 Å². The second-order valence-electron chi connectivity index (χ2n) is 9.36. The van der Waals surface area contributed by atoms with Gasteiger partial charge in [-0.05, 0) is 55.9 Å². The molecular weight excluding hydrogens is 540 g/mol. The minimum atomic E-state index is -1.36. The van der Waals surface area contributed by atoms with Crippen LogP contribution in [0.15, 0.2) is 30.5 Å². The smallest absolute Gasteiger partial charge is 0.326 e. The first-order valence-electron chi connectivity index (χ1n) is 12.9. The van der Waals surface area contributed by atoms with Gasteiger partial charge in [-0.1, -0.05) is 18.2 Å². The lowest BCUT2D eigenvalue weighted by atomic mass is 10.0. The molecule has 3 amide bonds. The van der Waals surface area contributed by atoms with E-state index in [0.717, 1.165) is 10.9 Å². The first-order valence-corrected chi connectivity index (χ1v) is 14.3. The Morgan fingerprint density at radius 3 is 2.17 bits per heavy atom. The zero-order chi connectivity index (χ0) is 29.7. The van der Waals surface area contributed by atoms with E-state index in [1.807, 2.05) is 30.5 Å². The molecule has 0 radical (unpaired) electrons. The molecule has 2 aromatic rings. The summed E-state index contributed by atoms with van der Waals surface area (Å²) in [5.74, 6) is -4.16. The first-order chi connectivity index (χ1) is 19.1. The van der Waals surface area contributed by atoms with Crippen LogP contribution in [0.2, 0.25) is 0 Å². The third-order valence-corrected chi connectivity index (χ3v) is 6.91. The van der Waals surface area contributed by atoms with Crippen LogP contribution in [0, 0.1) is 0 Å². The van der Waals surface area contributed by atoms with E-state index in [1.54, 1.807) is 6.20 Å². The number of aromatic nitrogens is 1. The molecule has 0 bridgehead atoms. The maximum Gasteiger partial charge on any atom is 0.326 e. The fraction of sp³-hybridized carbons (Fsp3) is 0.500. The number of carboxylic acid groups (broad SMARTS) is 2. The third kappa shape index (κ3) is 10.2. The van der Waals surface area contributed by atoms with Crippen LogP contribution in [0.25, 0.3) is 10.9 Å². The number of H-pyrrole nitrogens is 1. The van der Waals surface area contributed by atoms with E-state index in [1.165, 1.54) is 11.8 Å². The number of para-hydroxylation sites is 1. The van der Waals surface area contributed by atoms with E-state index in [2.05, 4.69) is 20.9 Å². The maximum atomic E-state index is 13.3. The van der Waals surface area contributed by atoms with E-state index in [4.69, 9.17) is 16.6 Å². The number of aromatic amines is 1. The molecule has 0 saturated carbocycles. The number of aliphatic carboxylic acids is 2. The number of fused-ring (bicyclic) bond motifs is 1. The normalized spacial score (nSPS) is 14.1. The number of hydrogen-bond donors (Lipinski definition) is 8. The summed E-state index contributed by atoms with van der Waals surface area (Å²) >= 11 is 1.43. The number of nitrogens with two attached hydrogens (primary N) is 2. The Morgan fingerprint density at radius 2 is 1.55 bits per heavy atom. The molecule has 4 unspecified atom stereocenters. The van der Waals surface area contributed by atoms with Crippen molar-refractivity contribution in [2.75, 3.05) is 18.6 Å². The molecule has 40 heavy (non-hydrogen) atoms. The number of amides is 3. The Morgan fingerprint density at radius 1 is 0.925 bits per heavy atom. The Balaban J connectivity index is 2.17. The van der Waals surface area contributed by atoms with Crippen LogP contribution in [0.3, 0.4) is 0 Å². The van der Waals surface area contributed by atoms with Crippen LogP contribution in [0.5, 0.6) is 0 Å². The van der Waals surface area contributed by atoms with Gasteiger partial charge in [0, 0.05) is 23.5 Å². The zero-order valence-corrected chi connectivity index (χ0v) is 23.2. The molecule has 0 aliphatic heterocycles. The predicted octanol–water partition coefficient (Wildman–Crippen LogP) is -0.0665. The van der Waals surface area contributed by atoms with Crippen molar-refractivity contribution in [2.45, 2.75) is 62.7 Å². The van der Waals surface area contributed by atoms with Crippen molar-refractivity contribution in [3.05, 3.63) is 36.0 Å².